The number of ketones is 1. The topological polar surface area (TPSA) is 63.6 Å². The van der Waals surface area contributed by atoms with Gasteiger partial charge >= 0.3 is 5.97 Å². The predicted octanol–water partition coefficient (Wildman–Crippen LogP) is 1.93. The van der Waals surface area contributed by atoms with E-state index < -0.39 is 5.97 Å². The van der Waals surface area contributed by atoms with Crippen LogP contribution in [0.5, 0.6) is 5.75 Å². The van der Waals surface area contributed by atoms with E-state index in [0.717, 1.165) is 0 Å². The van der Waals surface area contributed by atoms with Crippen LogP contribution in [0, 0.1) is 0 Å². The molecular weight excluding hydrogens is 220 g/mol. The van der Waals surface area contributed by atoms with E-state index in [4.69, 9.17) is 9.84 Å². The van der Waals surface area contributed by atoms with Crippen molar-refractivity contribution in [3.05, 3.63) is 35.4 Å². The summed E-state index contributed by atoms with van der Waals surface area (Å²) in [4.78, 5) is 22.8. The van der Waals surface area contributed by atoms with Crippen molar-refractivity contribution in [3.8, 4) is 5.75 Å². The first-order valence-electron chi connectivity index (χ1n) is 5.23. The number of esters is 1. The SMILES string of the molecule is CCOC(=O)/C(=C/c1ccc(O)cc1)C(C)=O. The number of Topliss-reactive ketones (excluding diaryl/α,β-unsaturated/α-hetero) is 1. The van der Waals surface area contributed by atoms with Crippen LogP contribution in [-0.2, 0) is 14.3 Å². The van der Waals surface area contributed by atoms with Crippen LogP contribution in [0.25, 0.3) is 6.08 Å². The lowest BCUT2D eigenvalue weighted by Crippen LogP contribution is -2.13. The van der Waals surface area contributed by atoms with Crippen LogP contribution < -0.4 is 0 Å². The van der Waals surface area contributed by atoms with E-state index in [1.807, 2.05) is 0 Å². The van der Waals surface area contributed by atoms with Gasteiger partial charge in [0.05, 0.1) is 6.61 Å². The number of hydrogen-bond donors (Lipinski definition) is 1. The molecule has 0 aliphatic carbocycles. The van der Waals surface area contributed by atoms with Gasteiger partial charge < -0.3 is 9.84 Å². The molecule has 0 fully saturated rings. The normalized spacial score (nSPS) is 11.1. The van der Waals surface area contributed by atoms with Gasteiger partial charge in [-0.2, -0.15) is 0 Å². The zero-order chi connectivity index (χ0) is 12.8. The summed E-state index contributed by atoms with van der Waals surface area (Å²) >= 11 is 0. The van der Waals surface area contributed by atoms with Crippen molar-refractivity contribution in [2.75, 3.05) is 6.61 Å². The molecule has 1 rings (SSSR count). The summed E-state index contributed by atoms with van der Waals surface area (Å²) in [7, 11) is 0. The summed E-state index contributed by atoms with van der Waals surface area (Å²) < 4.78 is 4.78. The molecule has 0 aliphatic rings. The third-order valence-corrected chi connectivity index (χ3v) is 2.08. The average Bonchev–Trinajstić information content (AvgIpc) is 2.28. The number of phenols is 1. The van der Waals surface area contributed by atoms with Crippen molar-refractivity contribution in [2.24, 2.45) is 0 Å². The number of rotatable bonds is 4. The smallest absolute Gasteiger partial charge is 0.341 e. The van der Waals surface area contributed by atoms with Crippen molar-refractivity contribution >= 4 is 17.8 Å². The molecule has 90 valence electrons. The minimum Gasteiger partial charge on any atom is -0.508 e. The van der Waals surface area contributed by atoms with Crippen LogP contribution in [0.15, 0.2) is 29.8 Å². The van der Waals surface area contributed by atoms with Crippen molar-refractivity contribution in [1.82, 2.24) is 0 Å². The number of hydrogen-bond acceptors (Lipinski definition) is 4. The summed E-state index contributed by atoms with van der Waals surface area (Å²) in [6.45, 7) is 3.21. The van der Waals surface area contributed by atoms with Crippen molar-refractivity contribution in [2.45, 2.75) is 13.8 Å². The van der Waals surface area contributed by atoms with Crippen LogP contribution >= 0.6 is 0 Å². The highest BCUT2D eigenvalue weighted by Crippen LogP contribution is 2.14. The molecule has 0 bridgehead atoms. The fourth-order valence-corrected chi connectivity index (χ4v) is 1.25. The number of ether oxygens (including phenoxy) is 1. The first kappa shape index (κ1) is 13.0. The zero-order valence-corrected chi connectivity index (χ0v) is 9.77. The zero-order valence-electron chi connectivity index (χ0n) is 9.77. The lowest BCUT2D eigenvalue weighted by molar-refractivity contribution is -0.139. The molecule has 0 amide bonds. The Morgan fingerprint density at radius 2 is 1.88 bits per heavy atom. The summed E-state index contributed by atoms with van der Waals surface area (Å²) in [5, 5.41) is 9.11. The average molecular weight is 234 g/mol. The molecule has 0 aliphatic heterocycles. The maximum absolute atomic E-state index is 11.5. The quantitative estimate of drug-likeness (QED) is 0.374. The first-order valence-corrected chi connectivity index (χ1v) is 5.23. The molecule has 0 atom stereocenters. The van der Waals surface area contributed by atoms with E-state index >= 15 is 0 Å². The maximum atomic E-state index is 11.5. The molecule has 0 unspecified atom stereocenters. The van der Waals surface area contributed by atoms with Gasteiger partial charge in [0.15, 0.2) is 5.78 Å². The second-order valence-electron chi connectivity index (χ2n) is 3.43. The van der Waals surface area contributed by atoms with Gasteiger partial charge in [0.2, 0.25) is 0 Å². The van der Waals surface area contributed by atoms with E-state index in [9.17, 15) is 9.59 Å². The second kappa shape index (κ2) is 5.84. The minimum atomic E-state index is -0.631. The molecule has 0 heterocycles. The summed E-state index contributed by atoms with van der Waals surface area (Å²) in [5.41, 5.74) is 0.651. The Morgan fingerprint density at radius 1 is 1.29 bits per heavy atom. The number of benzene rings is 1. The number of carbonyl (C=O) groups is 2. The number of aromatic hydroxyl groups is 1. The molecule has 4 heteroatoms. The Bertz CT molecular complexity index is 443. The molecule has 0 spiro atoms. The van der Waals surface area contributed by atoms with E-state index in [1.165, 1.54) is 25.1 Å². The molecule has 1 N–H and O–H groups in total. The van der Waals surface area contributed by atoms with Gasteiger partial charge in [0, 0.05) is 0 Å². The molecule has 1 aromatic rings. The van der Waals surface area contributed by atoms with Gasteiger partial charge in [-0.25, -0.2) is 4.79 Å². The highest BCUT2D eigenvalue weighted by Gasteiger charge is 2.15. The van der Waals surface area contributed by atoms with Gasteiger partial charge in [-0.3, -0.25) is 4.79 Å². The van der Waals surface area contributed by atoms with Crippen LogP contribution in [0.4, 0.5) is 0 Å². The van der Waals surface area contributed by atoms with Crippen molar-refractivity contribution in [1.29, 1.82) is 0 Å². The summed E-state index contributed by atoms with van der Waals surface area (Å²) in [6, 6.07) is 6.18. The van der Waals surface area contributed by atoms with Gasteiger partial charge in [0.25, 0.3) is 0 Å². The van der Waals surface area contributed by atoms with Crippen molar-refractivity contribution < 1.29 is 19.4 Å². The predicted molar refractivity (Wildman–Crippen MR) is 63.4 cm³/mol. The molecule has 0 radical (unpaired) electrons. The maximum Gasteiger partial charge on any atom is 0.341 e. The fourth-order valence-electron chi connectivity index (χ4n) is 1.25. The lowest BCUT2D eigenvalue weighted by atomic mass is 10.1. The molecule has 0 aromatic heterocycles. The molecule has 17 heavy (non-hydrogen) atoms. The lowest BCUT2D eigenvalue weighted by Gasteiger charge is -2.03. The molecule has 0 saturated heterocycles. The number of carbonyl (C=O) groups excluding carboxylic acids is 2. The van der Waals surface area contributed by atoms with E-state index in [2.05, 4.69) is 0 Å². The minimum absolute atomic E-state index is 0.00228. The molecule has 0 saturated carbocycles. The van der Waals surface area contributed by atoms with Gasteiger partial charge in [0.1, 0.15) is 11.3 Å². The third kappa shape index (κ3) is 3.75. The number of phenolic OH excluding ortho intramolecular Hbond substituents is 1. The fraction of sp³-hybridized carbons (Fsp3) is 0.231. The van der Waals surface area contributed by atoms with Crippen LogP contribution in [0.2, 0.25) is 0 Å². The van der Waals surface area contributed by atoms with Gasteiger partial charge in [-0.1, -0.05) is 12.1 Å². The molecule has 4 nitrogen and oxygen atoms in total. The molecule has 1 aromatic carbocycles. The second-order valence-corrected chi connectivity index (χ2v) is 3.43. The Hall–Kier alpha value is -2.10. The highest BCUT2D eigenvalue weighted by atomic mass is 16.5. The largest absolute Gasteiger partial charge is 0.508 e. The Morgan fingerprint density at radius 3 is 2.35 bits per heavy atom. The van der Waals surface area contributed by atoms with Crippen molar-refractivity contribution in [3.63, 3.8) is 0 Å². The Labute approximate surface area is 99.5 Å². The van der Waals surface area contributed by atoms with E-state index in [-0.39, 0.29) is 23.7 Å². The first-order chi connectivity index (χ1) is 8.04. The highest BCUT2D eigenvalue weighted by molar-refractivity contribution is 6.19. The molecular formula is C13H14O4. The Balaban J connectivity index is 3.02. The van der Waals surface area contributed by atoms with E-state index in [1.54, 1.807) is 19.1 Å². The van der Waals surface area contributed by atoms with Crippen LogP contribution in [0.1, 0.15) is 19.4 Å². The van der Waals surface area contributed by atoms with E-state index in [0.29, 0.717) is 5.56 Å². The van der Waals surface area contributed by atoms with Gasteiger partial charge in [-0.15, -0.1) is 0 Å². The Kier molecular flexibility index (Phi) is 4.46. The summed E-state index contributed by atoms with van der Waals surface area (Å²) in [6.07, 6.45) is 1.44. The monoisotopic (exact) mass is 234 g/mol. The third-order valence-electron chi connectivity index (χ3n) is 2.08. The standard InChI is InChI=1S/C13H14O4/c1-3-17-13(16)12(9(2)14)8-10-4-6-11(15)7-5-10/h4-8,15H,3H2,1-2H3/b12-8+. The van der Waals surface area contributed by atoms with Gasteiger partial charge in [-0.05, 0) is 37.6 Å². The van der Waals surface area contributed by atoms with Crippen LogP contribution in [0.3, 0.4) is 0 Å². The van der Waals surface area contributed by atoms with Crippen LogP contribution in [-0.4, -0.2) is 23.5 Å². The summed E-state index contributed by atoms with van der Waals surface area (Å²) in [5.74, 6) is -0.854.